The first kappa shape index (κ1) is 11.1. The molecule has 2 N–H and O–H groups in total. The molecule has 3 rings (SSSR count). The van der Waals surface area contributed by atoms with E-state index in [0.29, 0.717) is 6.04 Å². The zero-order chi connectivity index (χ0) is 11.7. The largest absolute Gasteiger partial charge is 0.497 e. The van der Waals surface area contributed by atoms with Crippen molar-refractivity contribution in [1.82, 2.24) is 10.6 Å². The van der Waals surface area contributed by atoms with E-state index >= 15 is 0 Å². The standard InChI is InChI=1S/C14H20N2O/c1-17-13-4-2-3-11(9-13)14(6-7-14)16-12-5-8-15-10-12/h2-4,9,12,15-16H,5-8,10H2,1H3. The summed E-state index contributed by atoms with van der Waals surface area (Å²) in [7, 11) is 1.73. The number of nitrogens with one attached hydrogen (secondary N) is 2. The van der Waals surface area contributed by atoms with Crippen molar-refractivity contribution in [3.63, 3.8) is 0 Å². The zero-order valence-corrected chi connectivity index (χ0v) is 10.3. The second-order valence-electron chi connectivity index (χ2n) is 5.15. The lowest BCUT2D eigenvalue weighted by Crippen LogP contribution is -2.39. The average Bonchev–Trinajstić information content (AvgIpc) is 2.97. The molecule has 1 aliphatic heterocycles. The lowest BCUT2D eigenvalue weighted by atomic mass is 10.0. The molecule has 0 spiro atoms. The van der Waals surface area contributed by atoms with Gasteiger partial charge in [-0.2, -0.15) is 0 Å². The van der Waals surface area contributed by atoms with Crippen LogP contribution in [0, 0.1) is 0 Å². The maximum Gasteiger partial charge on any atom is 0.119 e. The van der Waals surface area contributed by atoms with E-state index in [1.165, 1.54) is 24.8 Å². The summed E-state index contributed by atoms with van der Waals surface area (Å²) < 4.78 is 5.31. The van der Waals surface area contributed by atoms with Crippen LogP contribution in [0.25, 0.3) is 0 Å². The molecule has 1 aliphatic carbocycles. The summed E-state index contributed by atoms with van der Waals surface area (Å²) in [6.45, 7) is 2.25. The highest BCUT2D eigenvalue weighted by Gasteiger charge is 2.45. The Balaban J connectivity index is 1.76. The molecule has 1 atom stereocenters. The third-order valence-corrected chi connectivity index (χ3v) is 3.91. The molecule has 0 radical (unpaired) electrons. The van der Waals surface area contributed by atoms with Crippen LogP contribution in [0.4, 0.5) is 0 Å². The van der Waals surface area contributed by atoms with Crippen molar-refractivity contribution < 1.29 is 4.74 Å². The monoisotopic (exact) mass is 232 g/mol. The van der Waals surface area contributed by atoms with E-state index in [1.54, 1.807) is 7.11 Å². The van der Waals surface area contributed by atoms with Crippen LogP contribution in [0.15, 0.2) is 24.3 Å². The molecule has 1 saturated heterocycles. The number of rotatable bonds is 4. The van der Waals surface area contributed by atoms with Gasteiger partial charge < -0.3 is 15.4 Å². The van der Waals surface area contributed by atoms with Crippen molar-refractivity contribution in [3.05, 3.63) is 29.8 Å². The minimum Gasteiger partial charge on any atom is -0.497 e. The van der Waals surface area contributed by atoms with E-state index in [0.717, 1.165) is 18.8 Å². The molecule has 92 valence electrons. The predicted octanol–water partition coefficient (Wildman–Crippen LogP) is 1.64. The summed E-state index contributed by atoms with van der Waals surface area (Å²) in [5.41, 5.74) is 1.61. The predicted molar refractivity (Wildman–Crippen MR) is 68.3 cm³/mol. The van der Waals surface area contributed by atoms with Crippen LogP contribution in [0.2, 0.25) is 0 Å². The Bertz CT molecular complexity index is 395. The second kappa shape index (κ2) is 4.31. The third-order valence-electron chi connectivity index (χ3n) is 3.91. The molecule has 0 aromatic heterocycles. The smallest absolute Gasteiger partial charge is 0.119 e. The highest BCUT2D eigenvalue weighted by Crippen LogP contribution is 2.46. The minimum absolute atomic E-state index is 0.227. The first-order valence-electron chi connectivity index (χ1n) is 6.45. The molecule has 17 heavy (non-hydrogen) atoms. The van der Waals surface area contributed by atoms with Gasteiger partial charge in [-0.1, -0.05) is 12.1 Å². The molecule has 1 aromatic carbocycles. The van der Waals surface area contributed by atoms with Gasteiger partial charge in [-0.05, 0) is 43.5 Å². The normalized spacial score (nSPS) is 25.8. The van der Waals surface area contributed by atoms with Gasteiger partial charge in [0.05, 0.1) is 7.11 Å². The molecular weight excluding hydrogens is 212 g/mol. The van der Waals surface area contributed by atoms with E-state index in [9.17, 15) is 0 Å². The molecule has 2 fully saturated rings. The molecule has 3 nitrogen and oxygen atoms in total. The van der Waals surface area contributed by atoms with Gasteiger partial charge in [-0.15, -0.1) is 0 Å². The summed E-state index contributed by atoms with van der Waals surface area (Å²) in [5.74, 6) is 0.958. The van der Waals surface area contributed by atoms with E-state index in [-0.39, 0.29) is 5.54 Å². The summed E-state index contributed by atoms with van der Waals surface area (Å²) in [6.07, 6.45) is 3.74. The minimum atomic E-state index is 0.227. The number of benzene rings is 1. The number of ether oxygens (including phenoxy) is 1. The molecule has 1 saturated carbocycles. The average molecular weight is 232 g/mol. The van der Waals surface area contributed by atoms with Gasteiger partial charge in [0.2, 0.25) is 0 Å². The summed E-state index contributed by atoms with van der Waals surface area (Å²) in [5, 5.41) is 7.23. The number of hydrogen-bond donors (Lipinski definition) is 2. The molecule has 3 heteroatoms. The van der Waals surface area contributed by atoms with Crippen molar-refractivity contribution in [2.24, 2.45) is 0 Å². The first-order chi connectivity index (χ1) is 8.32. The van der Waals surface area contributed by atoms with Gasteiger partial charge in [-0.25, -0.2) is 0 Å². The maximum atomic E-state index is 5.31. The van der Waals surface area contributed by atoms with Gasteiger partial charge in [0.25, 0.3) is 0 Å². The van der Waals surface area contributed by atoms with Crippen molar-refractivity contribution in [2.75, 3.05) is 20.2 Å². The summed E-state index contributed by atoms with van der Waals surface area (Å²) in [4.78, 5) is 0. The molecule has 1 aromatic rings. The molecule has 0 bridgehead atoms. The van der Waals surface area contributed by atoms with Gasteiger partial charge in [0, 0.05) is 18.1 Å². The number of methoxy groups -OCH3 is 1. The summed E-state index contributed by atoms with van der Waals surface area (Å²) in [6, 6.07) is 9.11. The second-order valence-corrected chi connectivity index (χ2v) is 5.15. The van der Waals surface area contributed by atoms with Crippen molar-refractivity contribution in [2.45, 2.75) is 30.8 Å². The third kappa shape index (κ3) is 2.17. The quantitative estimate of drug-likeness (QED) is 0.828. The van der Waals surface area contributed by atoms with Crippen LogP contribution >= 0.6 is 0 Å². The Morgan fingerprint density at radius 2 is 2.29 bits per heavy atom. The van der Waals surface area contributed by atoms with E-state index in [1.807, 2.05) is 6.07 Å². The van der Waals surface area contributed by atoms with Crippen molar-refractivity contribution >= 4 is 0 Å². The van der Waals surface area contributed by atoms with Crippen LogP contribution in [-0.4, -0.2) is 26.2 Å². The van der Waals surface area contributed by atoms with Crippen molar-refractivity contribution in [1.29, 1.82) is 0 Å². The van der Waals surface area contributed by atoms with Crippen LogP contribution in [-0.2, 0) is 5.54 Å². The van der Waals surface area contributed by atoms with Crippen LogP contribution in [0.3, 0.4) is 0 Å². The topological polar surface area (TPSA) is 33.3 Å². The Labute approximate surface area is 103 Å². The zero-order valence-electron chi connectivity index (χ0n) is 10.3. The molecule has 0 amide bonds. The molecule has 1 unspecified atom stereocenters. The first-order valence-corrected chi connectivity index (χ1v) is 6.45. The highest BCUT2D eigenvalue weighted by atomic mass is 16.5. The summed E-state index contributed by atoms with van der Waals surface area (Å²) >= 11 is 0. The Morgan fingerprint density at radius 3 is 2.94 bits per heavy atom. The van der Waals surface area contributed by atoms with Crippen molar-refractivity contribution in [3.8, 4) is 5.75 Å². The molecule has 1 heterocycles. The van der Waals surface area contributed by atoms with E-state index in [4.69, 9.17) is 4.74 Å². The van der Waals surface area contributed by atoms with E-state index < -0.39 is 0 Å². The Kier molecular flexibility index (Phi) is 2.81. The van der Waals surface area contributed by atoms with Crippen LogP contribution in [0.5, 0.6) is 5.75 Å². The van der Waals surface area contributed by atoms with Gasteiger partial charge >= 0.3 is 0 Å². The SMILES string of the molecule is COc1cccc(C2(NC3CCNC3)CC2)c1. The molecular formula is C14H20N2O. The van der Waals surface area contributed by atoms with Gasteiger partial charge in [0.15, 0.2) is 0 Å². The Hall–Kier alpha value is -1.06. The fourth-order valence-electron chi connectivity index (χ4n) is 2.73. The van der Waals surface area contributed by atoms with Gasteiger partial charge in [-0.3, -0.25) is 0 Å². The lowest BCUT2D eigenvalue weighted by molar-refractivity contribution is 0.408. The number of hydrogen-bond acceptors (Lipinski definition) is 3. The highest BCUT2D eigenvalue weighted by molar-refractivity contribution is 5.37. The van der Waals surface area contributed by atoms with Crippen LogP contribution in [0.1, 0.15) is 24.8 Å². The lowest BCUT2D eigenvalue weighted by Gasteiger charge is -2.22. The fourth-order valence-corrected chi connectivity index (χ4v) is 2.73. The van der Waals surface area contributed by atoms with E-state index in [2.05, 4.69) is 28.8 Å². The van der Waals surface area contributed by atoms with Crippen LogP contribution < -0.4 is 15.4 Å². The van der Waals surface area contributed by atoms with Gasteiger partial charge in [0.1, 0.15) is 5.75 Å². The molecule has 2 aliphatic rings. The maximum absolute atomic E-state index is 5.31. The Morgan fingerprint density at radius 1 is 1.41 bits per heavy atom. The fraction of sp³-hybridized carbons (Fsp3) is 0.571.